The molecule has 0 saturated carbocycles. The van der Waals surface area contributed by atoms with E-state index >= 15 is 0 Å². The number of amides is 1. The van der Waals surface area contributed by atoms with E-state index in [2.05, 4.69) is 46.4 Å². The normalized spacial score (nSPS) is 19.4. The van der Waals surface area contributed by atoms with Crippen molar-refractivity contribution in [1.29, 1.82) is 0 Å². The number of rotatable bonds is 10. The molecule has 39 heavy (non-hydrogen) atoms. The Morgan fingerprint density at radius 2 is 1.79 bits per heavy atom. The van der Waals surface area contributed by atoms with Gasteiger partial charge in [0, 0.05) is 36.6 Å². The lowest BCUT2D eigenvalue weighted by Gasteiger charge is -2.39. The molecule has 210 valence electrons. The molecule has 0 bridgehead atoms. The van der Waals surface area contributed by atoms with Gasteiger partial charge in [-0.25, -0.2) is 4.98 Å². The Hall–Kier alpha value is -2.57. The van der Waals surface area contributed by atoms with Crippen LogP contribution in [0.3, 0.4) is 0 Å². The van der Waals surface area contributed by atoms with E-state index in [4.69, 9.17) is 21.3 Å². The van der Waals surface area contributed by atoms with Crippen LogP contribution in [0.5, 0.6) is 5.75 Å². The highest BCUT2D eigenvalue weighted by Crippen LogP contribution is 2.26. The summed E-state index contributed by atoms with van der Waals surface area (Å²) < 4.78 is 8.32. The van der Waals surface area contributed by atoms with Gasteiger partial charge in [-0.15, -0.1) is 0 Å². The Balaban J connectivity index is 1.24. The molecule has 2 aliphatic heterocycles. The third kappa shape index (κ3) is 6.96. The molecule has 1 unspecified atom stereocenters. The summed E-state index contributed by atoms with van der Waals surface area (Å²) in [5.41, 5.74) is 3.25. The lowest BCUT2D eigenvalue weighted by Crippen LogP contribution is -2.47. The summed E-state index contributed by atoms with van der Waals surface area (Å²) in [6, 6.07) is 14.1. The van der Waals surface area contributed by atoms with Gasteiger partial charge in [0.15, 0.2) is 0 Å². The number of nitrogens with zero attached hydrogens (tertiary/aromatic N) is 4. The van der Waals surface area contributed by atoms with Crippen molar-refractivity contribution in [2.75, 3.05) is 26.2 Å². The fraction of sp³-hybridized carbons (Fsp3) is 0.562. The van der Waals surface area contributed by atoms with E-state index in [-0.39, 0.29) is 5.92 Å². The third-order valence-corrected chi connectivity index (χ3v) is 8.84. The van der Waals surface area contributed by atoms with E-state index in [9.17, 15) is 4.79 Å². The molecule has 2 aromatic carbocycles. The molecule has 6 nitrogen and oxygen atoms in total. The first-order valence-electron chi connectivity index (χ1n) is 14.9. The van der Waals surface area contributed by atoms with E-state index in [1.807, 2.05) is 24.3 Å². The highest BCUT2D eigenvalue weighted by Gasteiger charge is 2.30. The van der Waals surface area contributed by atoms with Crippen molar-refractivity contribution in [2.24, 2.45) is 5.92 Å². The molecule has 7 heteroatoms. The van der Waals surface area contributed by atoms with E-state index in [0.29, 0.717) is 23.6 Å². The van der Waals surface area contributed by atoms with Gasteiger partial charge in [0.2, 0.25) is 5.91 Å². The average Bonchev–Trinajstić information content (AvgIpc) is 3.33. The van der Waals surface area contributed by atoms with Crippen LogP contribution >= 0.6 is 11.6 Å². The molecule has 5 rings (SSSR count). The number of fused-ring (bicyclic) bond motifs is 1. The molecule has 2 aliphatic rings. The Morgan fingerprint density at radius 1 is 1.03 bits per heavy atom. The number of halogens is 1. The number of ether oxygens (including phenoxy) is 1. The van der Waals surface area contributed by atoms with Crippen molar-refractivity contribution < 1.29 is 9.53 Å². The molecule has 2 fully saturated rings. The quantitative estimate of drug-likeness (QED) is 0.277. The highest BCUT2D eigenvalue weighted by molar-refractivity contribution is 6.30. The van der Waals surface area contributed by atoms with Gasteiger partial charge in [-0.3, -0.25) is 4.79 Å². The maximum Gasteiger partial charge on any atom is 0.225 e. The van der Waals surface area contributed by atoms with Crippen molar-refractivity contribution in [2.45, 2.75) is 84.4 Å². The van der Waals surface area contributed by atoms with E-state index in [0.717, 1.165) is 73.5 Å². The molecular formula is C32H43ClN4O2. The fourth-order valence-corrected chi connectivity index (χ4v) is 6.33. The number of para-hydroxylation sites is 1. The number of hydrogen-bond donors (Lipinski definition) is 0. The smallest absolute Gasteiger partial charge is 0.225 e. The van der Waals surface area contributed by atoms with Crippen LogP contribution < -0.4 is 4.74 Å². The Kier molecular flexibility index (Phi) is 9.46. The summed E-state index contributed by atoms with van der Waals surface area (Å²) in [4.78, 5) is 23.5. The second kappa shape index (κ2) is 13.2. The number of benzene rings is 2. The number of aromatic nitrogens is 2. The van der Waals surface area contributed by atoms with Gasteiger partial charge in [0.25, 0.3) is 0 Å². The second-order valence-electron chi connectivity index (χ2n) is 11.4. The van der Waals surface area contributed by atoms with Crippen LogP contribution in [0.15, 0.2) is 42.5 Å². The molecular weight excluding hydrogens is 508 g/mol. The Labute approximate surface area is 238 Å². The first kappa shape index (κ1) is 28.0. The number of aryl methyl sites for hydroxylation is 2. The number of imidazole rings is 1. The Morgan fingerprint density at radius 3 is 2.59 bits per heavy atom. The minimum atomic E-state index is -0.0344. The zero-order valence-electron chi connectivity index (χ0n) is 23.6. The number of carbonyl (C=O) groups is 1. The standard InChI is InChI=1S/C32H43ClN4O2/c1-24-9-8-11-29-31(24)34-30(23-39-28-14-12-26(33)13-15-28)37(29)22-16-25(2)32(38)36-20-7-4-10-27(36)17-21-35-18-5-3-6-19-35/h8-9,11-15,25,27H,3-7,10,16-23H2,1-2H3/t25?,27-/m0/s1. The zero-order chi connectivity index (χ0) is 27.2. The topological polar surface area (TPSA) is 50.6 Å². The van der Waals surface area contributed by atoms with Crippen molar-refractivity contribution in [3.8, 4) is 5.75 Å². The molecule has 0 spiro atoms. The molecule has 1 amide bonds. The van der Waals surface area contributed by atoms with Crippen molar-refractivity contribution >= 4 is 28.5 Å². The summed E-state index contributed by atoms with van der Waals surface area (Å²) >= 11 is 6.03. The van der Waals surface area contributed by atoms with Gasteiger partial charge in [0.1, 0.15) is 18.2 Å². The van der Waals surface area contributed by atoms with Crippen LogP contribution in [0.1, 0.15) is 69.7 Å². The van der Waals surface area contributed by atoms with Crippen LogP contribution in [0.25, 0.3) is 11.0 Å². The largest absolute Gasteiger partial charge is 0.486 e. The van der Waals surface area contributed by atoms with Crippen LogP contribution in [-0.4, -0.2) is 57.5 Å². The number of hydrogen-bond acceptors (Lipinski definition) is 4. The lowest BCUT2D eigenvalue weighted by atomic mass is 9.95. The molecule has 0 radical (unpaired) electrons. The first-order chi connectivity index (χ1) is 19.0. The summed E-state index contributed by atoms with van der Waals surface area (Å²) in [7, 11) is 0. The van der Waals surface area contributed by atoms with E-state index < -0.39 is 0 Å². The summed E-state index contributed by atoms with van der Waals surface area (Å²) in [5, 5.41) is 0.686. The second-order valence-corrected chi connectivity index (χ2v) is 11.9. The molecule has 0 aliphatic carbocycles. The lowest BCUT2D eigenvalue weighted by molar-refractivity contribution is -0.139. The predicted molar refractivity (Wildman–Crippen MR) is 158 cm³/mol. The molecule has 0 N–H and O–H groups in total. The van der Waals surface area contributed by atoms with E-state index in [1.165, 1.54) is 38.8 Å². The Bertz CT molecular complexity index is 1230. The van der Waals surface area contributed by atoms with Gasteiger partial charge in [0.05, 0.1) is 11.0 Å². The van der Waals surface area contributed by atoms with E-state index in [1.54, 1.807) is 0 Å². The number of likely N-dealkylation sites (tertiary alicyclic amines) is 2. The first-order valence-corrected chi connectivity index (χ1v) is 15.2. The van der Waals surface area contributed by atoms with Crippen LogP contribution in [-0.2, 0) is 17.9 Å². The zero-order valence-corrected chi connectivity index (χ0v) is 24.3. The van der Waals surface area contributed by atoms with Crippen LogP contribution in [0, 0.1) is 12.8 Å². The maximum atomic E-state index is 13.7. The maximum absolute atomic E-state index is 13.7. The molecule has 3 heterocycles. The summed E-state index contributed by atoms with van der Waals surface area (Å²) in [6.45, 7) is 9.77. The molecule has 2 saturated heterocycles. The van der Waals surface area contributed by atoms with Crippen molar-refractivity contribution in [3.05, 3.63) is 58.9 Å². The molecule has 2 atom stereocenters. The highest BCUT2D eigenvalue weighted by atomic mass is 35.5. The van der Waals surface area contributed by atoms with Gasteiger partial charge >= 0.3 is 0 Å². The van der Waals surface area contributed by atoms with Crippen molar-refractivity contribution in [1.82, 2.24) is 19.4 Å². The number of piperidine rings is 2. The van der Waals surface area contributed by atoms with Gasteiger partial charge in [-0.1, -0.05) is 37.1 Å². The van der Waals surface area contributed by atoms with Crippen LogP contribution in [0.2, 0.25) is 5.02 Å². The van der Waals surface area contributed by atoms with Crippen LogP contribution in [0.4, 0.5) is 0 Å². The summed E-state index contributed by atoms with van der Waals surface area (Å²) in [6.07, 6.45) is 9.39. The monoisotopic (exact) mass is 550 g/mol. The van der Waals surface area contributed by atoms with Gasteiger partial charge in [-0.2, -0.15) is 0 Å². The summed E-state index contributed by atoms with van der Waals surface area (Å²) in [5.74, 6) is 1.93. The fourth-order valence-electron chi connectivity index (χ4n) is 6.21. The molecule has 3 aromatic rings. The minimum Gasteiger partial charge on any atom is -0.486 e. The number of carbonyl (C=O) groups excluding carboxylic acids is 1. The average molecular weight is 551 g/mol. The SMILES string of the molecule is Cc1cccc2c1nc(COc1ccc(Cl)cc1)n2CCC(C)C(=O)N1CCCC[C@H]1CCN1CCCCC1. The van der Waals surface area contributed by atoms with Gasteiger partial charge < -0.3 is 19.1 Å². The molecule has 1 aromatic heterocycles. The van der Waals surface area contributed by atoms with Gasteiger partial charge in [-0.05, 0) is 101 Å². The third-order valence-electron chi connectivity index (χ3n) is 8.59. The predicted octanol–water partition coefficient (Wildman–Crippen LogP) is 6.86. The minimum absolute atomic E-state index is 0.0344. The van der Waals surface area contributed by atoms with Crippen molar-refractivity contribution in [3.63, 3.8) is 0 Å².